The second-order valence-electron chi connectivity index (χ2n) is 11.7. The molecule has 0 spiro atoms. The number of nitrogens with zero attached hydrogens (tertiary/aromatic N) is 18. The number of methoxy groups -OCH3 is 2. The van der Waals surface area contributed by atoms with Crippen molar-refractivity contribution in [1.29, 1.82) is 0 Å². The Bertz CT molecular complexity index is 2680. The predicted molar refractivity (Wildman–Crippen MR) is 203 cm³/mol. The summed E-state index contributed by atoms with van der Waals surface area (Å²) in [7, 11) is 2.50. The van der Waals surface area contributed by atoms with E-state index in [1.165, 1.54) is 74.3 Å². The molecule has 7 rings (SSSR count). The molecule has 0 bridgehead atoms. The Morgan fingerprint density at radius 2 is 1.18 bits per heavy atom. The smallest absolute Gasteiger partial charge is 0.343 e. The zero-order valence-corrected chi connectivity index (χ0v) is 32.7. The number of ether oxygens (including phenoxy) is 2. The molecule has 292 valence electrons. The van der Waals surface area contributed by atoms with Crippen LogP contribution in [0.4, 0.5) is 34.6 Å². The Morgan fingerprint density at radius 1 is 0.702 bits per heavy atom. The molecule has 57 heavy (non-hydrogen) atoms. The minimum atomic E-state index is -0.671. The lowest BCUT2D eigenvalue weighted by atomic mass is 10.2. The third-order valence-corrected chi connectivity index (χ3v) is 9.63. The van der Waals surface area contributed by atoms with Gasteiger partial charge in [-0.15, -0.1) is 40.9 Å². The Hall–Kier alpha value is -7.22. The molecule has 0 amide bonds. The van der Waals surface area contributed by atoms with Crippen LogP contribution in [0.5, 0.6) is 0 Å². The van der Waals surface area contributed by atoms with Crippen molar-refractivity contribution in [3.05, 3.63) is 57.3 Å². The number of aromatic nitrogens is 14. The Balaban J connectivity index is 1.25. The van der Waals surface area contributed by atoms with E-state index in [1.807, 2.05) is 13.8 Å². The van der Waals surface area contributed by atoms with Crippen molar-refractivity contribution < 1.29 is 19.1 Å². The molecule has 7 aromatic heterocycles. The van der Waals surface area contributed by atoms with E-state index in [0.29, 0.717) is 50.9 Å². The van der Waals surface area contributed by atoms with Gasteiger partial charge < -0.3 is 20.9 Å². The Kier molecular flexibility index (Phi) is 10.6. The van der Waals surface area contributed by atoms with Gasteiger partial charge in [-0.3, -0.25) is 0 Å². The highest BCUT2D eigenvalue weighted by Gasteiger charge is 2.25. The zero-order valence-electron chi connectivity index (χ0n) is 31.1. The van der Waals surface area contributed by atoms with E-state index in [-0.39, 0.29) is 57.4 Å². The average molecular weight is 813 g/mol. The van der Waals surface area contributed by atoms with Gasteiger partial charge >= 0.3 is 11.9 Å². The Labute approximate surface area is 329 Å². The maximum absolute atomic E-state index is 12.6. The van der Waals surface area contributed by atoms with Crippen LogP contribution in [-0.4, -0.2) is 95.6 Å². The lowest BCUT2D eigenvalue weighted by Gasteiger charge is -2.06. The molecule has 7 aromatic rings. The van der Waals surface area contributed by atoms with Crippen LogP contribution in [0.3, 0.4) is 0 Å². The summed E-state index contributed by atoms with van der Waals surface area (Å²) in [5.41, 5.74) is 14.9. The Morgan fingerprint density at radius 3 is 1.60 bits per heavy atom. The van der Waals surface area contributed by atoms with Crippen molar-refractivity contribution in [2.75, 3.05) is 25.7 Å². The van der Waals surface area contributed by atoms with Crippen molar-refractivity contribution in [2.24, 2.45) is 20.5 Å². The molecular weight excluding hydrogens is 781 g/mol. The number of rotatable bonds is 13. The first kappa shape index (κ1) is 38.1. The predicted octanol–water partition coefficient (Wildman–Crippen LogP) is 4.62. The van der Waals surface area contributed by atoms with Gasteiger partial charge in [-0.25, -0.2) is 19.6 Å². The molecule has 24 nitrogen and oxygen atoms in total. The summed E-state index contributed by atoms with van der Waals surface area (Å²) in [4.78, 5) is 34.0. The second-order valence-corrected chi connectivity index (χ2v) is 14.0. The largest absolute Gasteiger partial charge is 0.465 e. The van der Waals surface area contributed by atoms with Crippen LogP contribution < -0.4 is 11.5 Å². The standard InChI is InChI=1S/C31H32N20O4S2/c1-7-9-19-23(41-43-27-17(29(53)55-6)12-37-51(27)31-45-39-15(4)57-31)25(33)49(47-19)21-10-20(34-13-35-21)48-24(32)22(18(8-2)46-48)40-42-26-16(28(52)54-5)11-36-50(26)30-44-38-14(3)56-30/h10-13H,7-9,32-33H2,1-6H3. The SMILES string of the molecule is CCCc1nn(-c2cc(-n3nc(CC)c(N=Nc4c(C(=O)OC)cnn4-c4nnc(C)s4)c3N)ncn2)c(N)c1N=Nc1c(C(=O)OC)cnn1-c1nnc(C)s1. The van der Waals surface area contributed by atoms with Crippen LogP contribution in [0.2, 0.25) is 0 Å². The second kappa shape index (κ2) is 15.9. The summed E-state index contributed by atoms with van der Waals surface area (Å²) in [6, 6.07) is 1.58. The average Bonchev–Trinajstić information content (AvgIpc) is 4.08. The van der Waals surface area contributed by atoms with Crippen LogP contribution in [0.25, 0.3) is 21.9 Å². The molecule has 0 saturated carbocycles. The summed E-state index contributed by atoms with van der Waals surface area (Å²) >= 11 is 2.50. The number of anilines is 2. The quantitative estimate of drug-likeness (QED) is 0.118. The molecule has 4 N–H and O–H groups in total. The summed E-state index contributed by atoms with van der Waals surface area (Å²) in [6.45, 7) is 7.42. The number of carbonyl (C=O) groups excluding carboxylic acids is 2. The van der Waals surface area contributed by atoms with Crippen LogP contribution in [0.15, 0.2) is 45.2 Å². The third kappa shape index (κ3) is 7.20. The first-order chi connectivity index (χ1) is 27.6. The van der Waals surface area contributed by atoms with Gasteiger partial charge in [-0.2, -0.15) is 39.1 Å². The number of nitrogen functional groups attached to an aromatic ring is 2. The molecule has 0 atom stereocenters. The van der Waals surface area contributed by atoms with E-state index < -0.39 is 11.9 Å². The van der Waals surface area contributed by atoms with Gasteiger partial charge in [0.2, 0.25) is 10.3 Å². The minimum absolute atomic E-state index is 0.0538. The highest BCUT2D eigenvalue weighted by atomic mass is 32.1. The van der Waals surface area contributed by atoms with Crippen LogP contribution >= 0.6 is 22.7 Å². The summed E-state index contributed by atoms with van der Waals surface area (Å²) in [6.07, 6.45) is 5.52. The van der Waals surface area contributed by atoms with Crippen molar-refractivity contribution >= 4 is 69.3 Å². The molecule has 0 aliphatic rings. The van der Waals surface area contributed by atoms with Gasteiger partial charge in [0.15, 0.2) is 46.3 Å². The molecule has 0 aromatic carbocycles. The molecular formula is C31H32N20O4S2. The van der Waals surface area contributed by atoms with Gasteiger partial charge in [0.25, 0.3) is 0 Å². The number of hydrogen-bond donors (Lipinski definition) is 2. The van der Waals surface area contributed by atoms with Crippen molar-refractivity contribution in [1.82, 2.24) is 69.5 Å². The number of carbonyl (C=O) groups is 2. The molecule has 0 aliphatic heterocycles. The van der Waals surface area contributed by atoms with Gasteiger partial charge in [-0.1, -0.05) is 42.9 Å². The molecule has 0 unspecified atom stereocenters. The summed E-state index contributed by atoms with van der Waals surface area (Å²) < 4.78 is 15.3. The first-order valence-electron chi connectivity index (χ1n) is 16.9. The molecule has 0 aliphatic carbocycles. The van der Waals surface area contributed by atoms with E-state index in [4.69, 9.17) is 26.0 Å². The van der Waals surface area contributed by atoms with E-state index in [9.17, 15) is 9.59 Å². The third-order valence-electron chi connectivity index (χ3n) is 8.00. The van der Waals surface area contributed by atoms with E-state index >= 15 is 0 Å². The van der Waals surface area contributed by atoms with Crippen LogP contribution in [0, 0.1) is 13.8 Å². The molecule has 0 fully saturated rings. The van der Waals surface area contributed by atoms with E-state index in [2.05, 4.69) is 66.1 Å². The van der Waals surface area contributed by atoms with Crippen LogP contribution in [0.1, 0.15) is 62.4 Å². The van der Waals surface area contributed by atoms with Gasteiger partial charge in [0, 0.05) is 6.07 Å². The topological polar surface area (TPSA) is 303 Å². The number of esters is 2. The summed E-state index contributed by atoms with van der Waals surface area (Å²) in [5.74, 6) is -0.508. The van der Waals surface area contributed by atoms with E-state index in [0.717, 1.165) is 0 Å². The highest BCUT2D eigenvalue weighted by molar-refractivity contribution is 7.13. The molecule has 26 heteroatoms. The van der Waals surface area contributed by atoms with Gasteiger partial charge in [0.1, 0.15) is 27.5 Å². The molecule has 0 saturated heterocycles. The lowest BCUT2D eigenvalue weighted by Crippen LogP contribution is -2.09. The maximum Gasteiger partial charge on any atom is 0.343 e. The van der Waals surface area contributed by atoms with Crippen molar-refractivity contribution in [3.8, 4) is 21.9 Å². The highest BCUT2D eigenvalue weighted by Crippen LogP contribution is 2.36. The minimum Gasteiger partial charge on any atom is -0.465 e. The normalized spacial score (nSPS) is 11.7. The number of azo groups is 2. The molecule has 0 radical (unpaired) electrons. The fourth-order valence-corrected chi connectivity index (χ4v) is 6.62. The monoisotopic (exact) mass is 812 g/mol. The number of hydrogen-bond acceptors (Lipinski definition) is 22. The number of nitrogens with two attached hydrogens (primary N) is 2. The lowest BCUT2D eigenvalue weighted by molar-refractivity contribution is 0.0592. The fourth-order valence-electron chi connectivity index (χ4n) is 5.32. The first-order valence-corrected chi connectivity index (χ1v) is 18.5. The molecule has 7 heterocycles. The van der Waals surface area contributed by atoms with Crippen molar-refractivity contribution in [3.63, 3.8) is 0 Å². The fraction of sp³-hybridized carbons (Fsp3) is 0.290. The van der Waals surface area contributed by atoms with Crippen molar-refractivity contribution in [2.45, 2.75) is 47.0 Å². The van der Waals surface area contributed by atoms with E-state index in [1.54, 1.807) is 19.9 Å². The number of aryl methyl sites for hydroxylation is 4. The zero-order chi connectivity index (χ0) is 40.4. The van der Waals surface area contributed by atoms with Gasteiger partial charge in [-0.05, 0) is 26.7 Å². The van der Waals surface area contributed by atoms with Crippen LogP contribution in [-0.2, 0) is 22.3 Å². The summed E-state index contributed by atoms with van der Waals surface area (Å²) in [5, 5.41) is 53.9. The maximum atomic E-state index is 12.6. The van der Waals surface area contributed by atoms with Gasteiger partial charge in [0.05, 0.1) is 38.0 Å².